The molecule has 2 N–H and O–H groups in total. The fourth-order valence-corrected chi connectivity index (χ4v) is 2.13. The van der Waals surface area contributed by atoms with E-state index in [9.17, 15) is 14.3 Å². The molecule has 0 aliphatic rings. The first-order chi connectivity index (χ1) is 11.5. The van der Waals surface area contributed by atoms with Crippen molar-refractivity contribution in [2.45, 2.75) is 25.9 Å². The van der Waals surface area contributed by atoms with E-state index in [0.717, 1.165) is 11.8 Å². The quantitative estimate of drug-likeness (QED) is 0.776. The SMILES string of the molecule is Cc1cccc(OCC(O)CNC(=O)CCc2cncc(F)c2)c1. The molecule has 0 saturated carbocycles. The van der Waals surface area contributed by atoms with Crippen molar-refractivity contribution in [2.24, 2.45) is 0 Å². The molecular weight excluding hydrogens is 311 g/mol. The number of hydrogen-bond acceptors (Lipinski definition) is 4. The minimum absolute atomic E-state index is 0.0948. The number of benzene rings is 1. The highest BCUT2D eigenvalue weighted by molar-refractivity contribution is 5.76. The Morgan fingerprint density at radius 1 is 1.38 bits per heavy atom. The molecule has 1 amide bonds. The number of rotatable bonds is 8. The van der Waals surface area contributed by atoms with Gasteiger partial charge in [-0.3, -0.25) is 9.78 Å². The average molecular weight is 332 g/mol. The first-order valence-corrected chi connectivity index (χ1v) is 7.76. The number of pyridine rings is 1. The lowest BCUT2D eigenvalue weighted by Crippen LogP contribution is -2.35. The van der Waals surface area contributed by atoms with Crippen LogP contribution in [0.5, 0.6) is 5.75 Å². The third-order valence-corrected chi connectivity index (χ3v) is 3.37. The molecule has 6 heteroatoms. The average Bonchev–Trinajstić information content (AvgIpc) is 2.56. The van der Waals surface area contributed by atoms with E-state index in [4.69, 9.17) is 4.74 Å². The first-order valence-electron chi connectivity index (χ1n) is 7.76. The zero-order chi connectivity index (χ0) is 17.4. The molecule has 0 radical (unpaired) electrons. The molecule has 24 heavy (non-hydrogen) atoms. The number of hydrogen-bond donors (Lipinski definition) is 2. The Bertz CT molecular complexity index is 679. The summed E-state index contributed by atoms with van der Waals surface area (Å²) in [5, 5.41) is 12.5. The van der Waals surface area contributed by atoms with Gasteiger partial charge in [0.05, 0.1) is 6.20 Å². The van der Waals surface area contributed by atoms with Gasteiger partial charge >= 0.3 is 0 Å². The number of nitrogens with zero attached hydrogens (tertiary/aromatic N) is 1. The van der Waals surface area contributed by atoms with Crippen LogP contribution in [0.1, 0.15) is 17.5 Å². The standard InChI is InChI=1S/C18H21FN2O3/c1-13-3-2-4-17(7-13)24-12-16(22)11-21-18(23)6-5-14-8-15(19)10-20-9-14/h2-4,7-10,16,22H,5-6,11-12H2,1H3,(H,21,23). The van der Waals surface area contributed by atoms with Crippen molar-refractivity contribution >= 4 is 5.91 Å². The Labute approximate surface area is 140 Å². The van der Waals surface area contributed by atoms with E-state index in [1.54, 1.807) is 0 Å². The van der Waals surface area contributed by atoms with Crippen molar-refractivity contribution in [1.29, 1.82) is 0 Å². The molecule has 5 nitrogen and oxygen atoms in total. The molecule has 0 saturated heterocycles. The maximum absolute atomic E-state index is 13.0. The van der Waals surface area contributed by atoms with Crippen LogP contribution in [0.4, 0.5) is 4.39 Å². The number of aliphatic hydroxyl groups is 1. The minimum atomic E-state index is -0.801. The molecule has 1 aromatic carbocycles. The molecule has 0 fully saturated rings. The molecule has 0 bridgehead atoms. The largest absolute Gasteiger partial charge is 0.491 e. The summed E-state index contributed by atoms with van der Waals surface area (Å²) in [6.07, 6.45) is 2.45. The van der Waals surface area contributed by atoms with Gasteiger partial charge in [-0.05, 0) is 42.7 Å². The van der Waals surface area contributed by atoms with Gasteiger partial charge in [0, 0.05) is 19.2 Å². The van der Waals surface area contributed by atoms with Gasteiger partial charge in [0.25, 0.3) is 0 Å². The van der Waals surface area contributed by atoms with Crippen molar-refractivity contribution in [1.82, 2.24) is 10.3 Å². The van der Waals surface area contributed by atoms with Gasteiger partial charge in [-0.25, -0.2) is 4.39 Å². The molecular formula is C18H21FN2O3. The summed E-state index contributed by atoms with van der Waals surface area (Å²) in [6, 6.07) is 8.87. The smallest absolute Gasteiger partial charge is 0.220 e. The number of halogens is 1. The van der Waals surface area contributed by atoms with Crippen LogP contribution in [0.25, 0.3) is 0 Å². The van der Waals surface area contributed by atoms with Crippen LogP contribution in [0, 0.1) is 12.7 Å². The molecule has 2 rings (SSSR count). The third-order valence-electron chi connectivity index (χ3n) is 3.37. The summed E-state index contributed by atoms with van der Waals surface area (Å²) in [4.78, 5) is 15.5. The van der Waals surface area contributed by atoms with Crippen LogP contribution in [0.3, 0.4) is 0 Å². The number of aliphatic hydroxyl groups excluding tert-OH is 1. The number of carbonyl (C=O) groups is 1. The Morgan fingerprint density at radius 3 is 2.96 bits per heavy atom. The van der Waals surface area contributed by atoms with Crippen molar-refractivity contribution in [3.05, 3.63) is 59.7 Å². The van der Waals surface area contributed by atoms with E-state index in [1.165, 1.54) is 12.3 Å². The molecule has 0 spiro atoms. The number of aromatic nitrogens is 1. The number of nitrogens with one attached hydrogen (secondary N) is 1. The van der Waals surface area contributed by atoms with E-state index in [2.05, 4.69) is 10.3 Å². The van der Waals surface area contributed by atoms with Gasteiger partial charge in [0.15, 0.2) is 0 Å². The number of ether oxygens (including phenoxy) is 1. The summed E-state index contributed by atoms with van der Waals surface area (Å²) >= 11 is 0. The van der Waals surface area contributed by atoms with Gasteiger partial charge in [-0.1, -0.05) is 12.1 Å². The molecule has 1 unspecified atom stereocenters. The molecule has 1 heterocycles. The number of carbonyl (C=O) groups excluding carboxylic acids is 1. The van der Waals surface area contributed by atoms with E-state index in [0.29, 0.717) is 17.7 Å². The summed E-state index contributed by atoms with van der Waals surface area (Å²) < 4.78 is 18.5. The lowest BCUT2D eigenvalue weighted by atomic mass is 10.1. The normalized spacial score (nSPS) is 11.8. The first kappa shape index (κ1) is 17.9. The summed E-state index contributed by atoms with van der Waals surface area (Å²) in [5.74, 6) is 0.0458. The van der Waals surface area contributed by atoms with Crippen LogP contribution < -0.4 is 10.1 Å². The highest BCUT2D eigenvalue weighted by Crippen LogP contribution is 2.12. The predicted octanol–water partition coefficient (Wildman–Crippen LogP) is 2.02. The molecule has 0 aliphatic heterocycles. The molecule has 2 aromatic rings. The van der Waals surface area contributed by atoms with Crippen LogP contribution in [0.15, 0.2) is 42.7 Å². The zero-order valence-corrected chi connectivity index (χ0v) is 13.5. The Hall–Kier alpha value is -2.47. The monoisotopic (exact) mass is 332 g/mol. The lowest BCUT2D eigenvalue weighted by molar-refractivity contribution is -0.121. The summed E-state index contributed by atoms with van der Waals surface area (Å²) in [5.41, 5.74) is 1.73. The maximum Gasteiger partial charge on any atom is 0.220 e. The van der Waals surface area contributed by atoms with E-state index < -0.39 is 11.9 Å². The molecule has 128 valence electrons. The topological polar surface area (TPSA) is 71.5 Å². The van der Waals surface area contributed by atoms with E-state index in [1.807, 2.05) is 31.2 Å². The van der Waals surface area contributed by atoms with Crippen molar-refractivity contribution in [2.75, 3.05) is 13.2 Å². The Balaban J connectivity index is 1.65. The Kier molecular flexibility index (Phi) is 6.69. The van der Waals surface area contributed by atoms with Crippen LogP contribution in [-0.4, -0.2) is 35.3 Å². The number of amides is 1. The second kappa shape index (κ2) is 8.98. The van der Waals surface area contributed by atoms with Gasteiger partial charge in [-0.15, -0.1) is 0 Å². The van der Waals surface area contributed by atoms with E-state index in [-0.39, 0.29) is 25.5 Å². The lowest BCUT2D eigenvalue weighted by Gasteiger charge is -2.13. The predicted molar refractivity (Wildman–Crippen MR) is 88.2 cm³/mol. The summed E-state index contributed by atoms with van der Waals surface area (Å²) in [6.45, 7) is 2.15. The molecule has 1 atom stereocenters. The van der Waals surface area contributed by atoms with Crippen molar-refractivity contribution in [3.63, 3.8) is 0 Å². The van der Waals surface area contributed by atoms with Gasteiger partial charge in [0.2, 0.25) is 5.91 Å². The van der Waals surface area contributed by atoms with Crippen molar-refractivity contribution in [3.8, 4) is 5.75 Å². The van der Waals surface area contributed by atoms with Gasteiger partial charge < -0.3 is 15.2 Å². The van der Waals surface area contributed by atoms with E-state index >= 15 is 0 Å². The summed E-state index contributed by atoms with van der Waals surface area (Å²) in [7, 11) is 0. The van der Waals surface area contributed by atoms with Crippen LogP contribution >= 0.6 is 0 Å². The highest BCUT2D eigenvalue weighted by Gasteiger charge is 2.09. The maximum atomic E-state index is 13.0. The molecule has 1 aromatic heterocycles. The third kappa shape index (κ3) is 6.34. The second-order valence-corrected chi connectivity index (χ2v) is 5.60. The fourth-order valence-electron chi connectivity index (χ4n) is 2.13. The number of aryl methyl sites for hydroxylation is 2. The van der Waals surface area contributed by atoms with Crippen LogP contribution in [-0.2, 0) is 11.2 Å². The van der Waals surface area contributed by atoms with Crippen LogP contribution in [0.2, 0.25) is 0 Å². The fraction of sp³-hybridized carbons (Fsp3) is 0.333. The minimum Gasteiger partial charge on any atom is -0.491 e. The zero-order valence-electron chi connectivity index (χ0n) is 13.5. The van der Waals surface area contributed by atoms with Gasteiger partial charge in [0.1, 0.15) is 24.3 Å². The highest BCUT2D eigenvalue weighted by atomic mass is 19.1. The second-order valence-electron chi connectivity index (χ2n) is 5.60. The van der Waals surface area contributed by atoms with Gasteiger partial charge in [-0.2, -0.15) is 0 Å². The van der Waals surface area contributed by atoms with Crippen molar-refractivity contribution < 1.29 is 19.0 Å². The molecule has 0 aliphatic carbocycles. The Morgan fingerprint density at radius 2 is 2.21 bits per heavy atom.